The molecular formula is C18H32B2O8. The summed E-state index contributed by atoms with van der Waals surface area (Å²) >= 11 is 0. The van der Waals surface area contributed by atoms with Crippen LogP contribution in [0.5, 0.6) is 0 Å². The quantitative estimate of drug-likeness (QED) is 0.384. The van der Waals surface area contributed by atoms with E-state index in [4.69, 9.17) is 32.7 Å². The van der Waals surface area contributed by atoms with Crippen LogP contribution >= 0.6 is 0 Å². The SMILES string of the molecule is COC(=O)C(/C=C(/OC)OB1OC(C)(C)C(C)(C)O1)B1OC(C)(C)C(C)(C)O1. The molecule has 10 heteroatoms. The summed E-state index contributed by atoms with van der Waals surface area (Å²) in [5, 5.41) is 0. The van der Waals surface area contributed by atoms with E-state index < -0.39 is 48.6 Å². The van der Waals surface area contributed by atoms with Crippen molar-refractivity contribution in [1.82, 2.24) is 0 Å². The van der Waals surface area contributed by atoms with Crippen LogP contribution in [0.3, 0.4) is 0 Å². The van der Waals surface area contributed by atoms with Crippen LogP contribution in [-0.2, 0) is 37.5 Å². The van der Waals surface area contributed by atoms with E-state index in [1.165, 1.54) is 20.3 Å². The molecule has 2 rings (SSSR count). The van der Waals surface area contributed by atoms with Gasteiger partial charge in [0.2, 0.25) is 0 Å². The molecule has 1 atom stereocenters. The summed E-state index contributed by atoms with van der Waals surface area (Å²) in [6.07, 6.45) is 1.46. The van der Waals surface area contributed by atoms with Crippen molar-refractivity contribution in [2.75, 3.05) is 14.2 Å². The zero-order valence-electron chi connectivity index (χ0n) is 18.6. The molecule has 0 aromatic rings. The first-order valence-corrected chi connectivity index (χ1v) is 9.37. The van der Waals surface area contributed by atoms with Crippen molar-refractivity contribution in [1.29, 1.82) is 0 Å². The fraction of sp³-hybridized carbons (Fsp3) is 0.833. The Labute approximate surface area is 168 Å². The Balaban J connectivity index is 2.22. The number of hydrogen-bond acceptors (Lipinski definition) is 8. The number of hydrogen-bond donors (Lipinski definition) is 0. The lowest BCUT2D eigenvalue weighted by Crippen LogP contribution is -2.41. The van der Waals surface area contributed by atoms with E-state index in [2.05, 4.69) is 0 Å². The van der Waals surface area contributed by atoms with Gasteiger partial charge in [-0.15, -0.1) is 0 Å². The summed E-state index contributed by atoms with van der Waals surface area (Å²) in [6, 6.07) is 0. The van der Waals surface area contributed by atoms with Gasteiger partial charge >= 0.3 is 20.4 Å². The van der Waals surface area contributed by atoms with Crippen molar-refractivity contribution in [2.24, 2.45) is 0 Å². The van der Waals surface area contributed by atoms with Gasteiger partial charge in [0.1, 0.15) is 5.82 Å². The summed E-state index contributed by atoms with van der Waals surface area (Å²) in [5.41, 5.74) is -2.33. The van der Waals surface area contributed by atoms with E-state index in [1.54, 1.807) is 0 Å². The molecule has 2 aliphatic heterocycles. The second-order valence-corrected chi connectivity index (χ2v) is 9.03. The first kappa shape index (κ1) is 23.1. The molecule has 0 aromatic carbocycles. The molecule has 8 nitrogen and oxygen atoms in total. The first-order valence-electron chi connectivity index (χ1n) is 9.37. The van der Waals surface area contributed by atoms with Crippen molar-refractivity contribution in [3.8, 4) is 0 Å². The minimum Gasteiger partial charge on any atom is -0.485 e. The van der Waals surface area contributed by atoms with Crippen molar-refractivity contribution in [2.45, 2.75) is 83.6 Å². The van der Waals surface area contributed by atoms with Gasteiger partial charge in [-0.1, -0.05) is 0 Å². The highest BCUT2D eigenvalue weighted by Crippen LogP contribution is 2.41. The van der Waals surface area contributed by atoms with Gasteiger partial charge in [-0.3, -0.25) is 4.79 Å². The lowest BCUT2D eigenvalue weighted by molar-refractivity contribution is -0.140. The average Bonchev–Trinajstić information content (AvgIpc) is 2.89. The second kappa shape index (κ2) is 7.55. The van der Waals surface area contributed by atoms with Crippen LogP contribution in [0.1, 0.15) is 55.4 Å². The minimum absolute atomic E-state index is 0.0450. The van der Waals surface area contributed by atoms with Gasteiger partial charge in [0, 0.05) is 6.08 Å². The van der Waals surface area contributed by atoms with E-state index in [9.17, 15) is 4.79 Å². The third kappa shape index (κ3) is 4.35. The van der Waals surface area contributed by atoms with Crippen molar-refractivity contribution >= 4 is 20.4 Å². The topological polar surface area (TPSA) is 81.7 Å². The Morgan fingerprint density at radius 3 is 1.61 bits per heavy atom. The van der Waals surface area contributed by atoms with Crippen LogP contribution in [0.25, 0.3) is 0 Å². The normalized spacial score (nSPS) is 26.1. The summed E-state index contributed by atoms with van der Waals surface area (Å²) in [4.78, 5) is 12.4. The maximum absolute atomic E-state index is 12.4. The van der Waals surface area contributed by atoms with E-state index in [0.717, 1.165) is 0 Å². The zero-order chi connectivity index (χ0) is 21.5. The first-order chi connectivity index (χ1) is 12.7. The fourth-order valence-electron chi connectivity index (χ4n) is 2.66. The zero-order valence-corrected chi connectivity index (χ0v) is 18.6. The minimum atomic E-state index is -0.979. The summed E-state index contributed by atoms with van der Waals surface area (Å²) < 4.78 is 39.5. The van der Waals surface area contributed by atoms with Gasteiger partial charge in [-0.05, 0) is 55.4 Å². The van der Waals surface area contributed by atoms with Gasteiger partial charge in [0.05, 0.1) is 36.6 Å². The molecule has 0 amide bonds. The highest BCUT2D eigenvalue weighted by Gasteiger charge is 2.57. The Morgan fingerprint density at radius 1 is 0.786 bits per heavy atom. The van der Waals surface area contributed by atoms with E-state index in [-0.39, 0.29) is 5.95 Å². The predicted molar refractivity (Wildman–Crippen MR) is 104 cm³/mol. The molecule has 28 heavy (non-hydrogen) atoms. The number of rotatable bonds is 6. The largest absolute Gasteiger partial charge is 0.716 e. The number of esters is 1. The standard InChI is InChI=1S/C18H32B2O8/c1-15(2)16(3,4)26-19(25-15)12(14(21)23-10)11-13(22-9)24-20-27-17(5,6)18(7,8)28-20/h11-12H,1-10H3/b13-11-. The molecule has 0 bridgehead atoms. The smallest absolute Gasteiger partial charge is 0.485 e. The van der Waals surface area contributed by atoms with Crippen LogP contribution in [0.15, 0.2) is 12.0 Å². The monoisotopic (exact) mass is 398 g/mol. The van der Waals surface area contributed by atoms with Gasteiger partial charge < -0.3 is 32.7 Å². The Hall–Kier alpha value is -1.22. The maximum Gasteiger partial charge on any atom is 0.716 e. The van der Waals surface area contributed by atoms with Gasteiger partial charge in [0.15, 0.2) is 0 Å². The summed E-state index contributed by atoms with van der Waals surface area (Å²) in [7, 11) is 0.892. The molecule has 0 N–H and O–H groups in total. The number of methoxy groups -OCH3 is 2. The van der Waals surface area contributed by atoms with Crippen molar-refractivity contribution in [3.63, 3.8) is 0 Å². The number of ether oxygens (including phenoxy) is 2. The lowest BCUT2D eigenvalue weighted by atomic mass is 9.71. The maximum atomic E-state index is 12.4. The third-order valence-corrected chi connectivity index (χ3v) is 6.00. The number of carbonyl (C=O) groups is 1. The molecule has 2 aliphatic rings. The molecule has 0 saturated carbocycles. The highest BCUT2D eigenvalue weighted by molar-refractivity contribution is 6.53. The fourth-order valence-corrected chi connectivity index (χ4v) is 2.66. The van der Waals surface area contributed by atoms with Crippen LogP contribution < -0.4 is 0 Å². The van der Waals surface area contributed by atoms with Gasteiger partial charge in [-0.2, -0.15) is 0 Å². The summed E-state index contributed by atoms with van der Waals surface area (Å²) in [5.74, 6) is -1.39. The van der Waals surface area contributed by atoms with Crippen LogP contribution in [0, 0.1) is 0 Å². The third-order valence-electron chi connectivity index (χ3n) is 6.00. The van der Waals surface area contributed by atoms with E-state index in [1.807, 2.05) is 55.4 Å². The Bertz CT molecular complexity index is 597. The molecule has 2 saturated heterocycles. The Morgan fingerprint density at radius 2 is 1.21 bits per heavy atom. The average molecular weight is 398 g/mol. The molecule has 2 heterocycles. The molecule has 0 spiro atoms. The van der Waals surface area contributed by atoms with Gasteiger partial charge in [-0.25, -0.2) is 0 Å². The van der Waals surface area contributed by atoms with Crippen molar-refractivity contribution < 1.29 is 37.5 Å². The van der Waals surface area contributed by atoms with Gasteiger partial charge in [0.25, 0.3) is 5.95 Å². The molecule has 158 valence electrons. The lowest BCUT2D eigenvalue weighted by Gasteiger charge is -2.32. The second-order valence-electron chi connectivity index (χ2n) is 9.03. The molecule has 0 aliphatic carbocycles. The highest BCUT2D eigenvalue weighted by atomic mass is 16.8. The van der Waals surface area contributed by atoms with Crippen LogP contribution in [0.4, 0.5) is 0 Å². The van der Waals surface area contributed by atoms with Crippen LogP contribution in [-0.4, -0.2) is 57.0 Å². The molecule has 1 unspecified atom stereocenters. The van der Waals surface area contributed by atoms with E-state index in [0.29, 0.717) is 0 Å². The molecular weight excluding hydrogens is 366 g/mol. The molecule has 0 radical (unpaired) electrons. The Kier molecular flexibility index (Phi) is 6.22. The summed E-state index contributed by atoms with van der Waals surface area (Å²) in [6.45, 7) is 15.3. The molecule has 0 aromatic heterocycles. The number of carbonyl (C=O) groups excluding carboxylic acids is 1. The van der Waals surface area contributed by atoms with E-state index >= 15 is 0 Å². The predicted octanol–water partition coefficient (Wildman–Crippen LogP) is 2.72. The van der Waals surface area contributed by atoms with Crippen molar-refractivity contribution in [3.05, 3.63) is 12.0 Å². The molecule has 2 fully saturated rings. The van der Waals surface area contributed by atoms with Crippen LogP contribution in [0.2, 0.25) is 5.82 Å².